The minimum Gasteiger partial charge on any atom is -0.343 e. The molecule has 0 radical (unpaired) electrons. The van der Waals surface area contributed by atoms with E-state index in [0.717, 1.165) is 29.7 Å². The zero-order valence-electron chi connectivity index (χ0n) is 14.7. The van der Waals surface area contributed by atoms with E-state index in [0.29, 0.717) is 5.56 Å². The molecule has 3 rings (SSSR count). The number of carbonyl (C=O) groups excluding carboxylic acids is 2. The standard InChI is InChI=1S/C19H20F2N4O2/c20-19(21)8-14(9-22)25(12-19)17(26)11-24-18(27)15-6-7-23-10-16(15)13-4-2-1-3-5-13/h2,4,6-7,10,13-14H,1,3,5,8,11-12H2,(H,24,27)/t13?,14-/m0/s1. The van der Waals surface area contributed by atoms with Gasteiger partial charge in [-0.25, -0.2) is 8.78 Å². The fourth-order valence-electron chi connectivity index (χ4n) is 3.53. The van der Waals surface area contributed by atoms with Crippen LogP contribution < -0.4 is 5.32 Å². The molecule has 1 aromatic heterocycles. The van der Waals surface area contributed by atoms with Crippen LogP contribution in [0.5, 0.6) is 0 Å². The van der Waals surface area contributed by atoms with Crippen molar-refractivity contribution in [1.29, 1.82) is 5.26 Å². The van der Waals surface area contributed by atoms with Gasteiger partial charge in [0.05, 0.1) is 19.2 Å². The molecule has 0 saturated carbocycles. The third-order valence-electron chi connectivity index (χ3n) is 4.89. The van der Waals surface area contributed by atoms with Crippen LogP contribution in [-0.2, 0) is 4.79 Å². The average Bonchev–Trinajstić information content (AvgIpc) is 3.01. The molecule has 0 aromatic carbocycles. The zero-order chi connectivity index (χ0) is 19.4. The normalized spacial score (nSPS) is 23.7. The van der Waals surface area contributed by atoms with E-state index >= 15 is 0 Å². The summed E-state index contributed by atoms with van der Waals surface area (Å²) < 4.78 is 26.9. The van der Waals surface area contributed by atoms with Gasteiger partial charge in [-0.3, -0.25) is 14.6 Å². The summed E-state index contributed by atoms with van der Waals surface area (Å²) in [5.74, 6) is -4.14. The first-order valence-electron chi connectivity index (χ1n) is 8.87. The fourth-order valence-corrected chi connectivity index (χ4v) is 3.53. The Morgan fingerprint density at radius 3 is 2.96 bits per heavy atom. The summed E-state index contributed by atoms with van der Waals surface area (Å²) in [7, 11) is 0. The van der Waals surface area contributed by atoms with Crippen molar-refractivity contribution in [3.8, 4) is 6.07 Å². The molecule has 2 amide bonds. The van der Waals surface area contributed by atoms with E-state index in [9.17, 15) is 18.4 Å². The molecule has 1 aliphatic carbocycles. The fraction of sp³-hybridized carbons (Fsp3) is 0.474. The maximum Gasteiger partial charge on any atom is 0.268 e. The Balaban J connectivity index is 1.66. The van der Waals surface area contributed by atoms with E-state index in [4.69, 9.17) is 5.26 Å². The maximum atomic E-state index is 13.5. The molecule has 6 nitrogen and oxygen atoms in total. The van der Waals surface area contributed by atoms with Crippen molar-refractivity contribution in [1.82, 2.24) is 15.2 Å². The van der Waals surface area contributed by atoms with Gasteiger partial charge in [-0.05, 0) is 30.9 Å². The topological polar surface area (TPSA) is 86.1 Å². The number of likely N-dealkylation sites (tertiary alicyclic amines) is 1. The SMILES string of the molecule is N#C[C@@H]1CC(F)(F)CN1C(=O)CNC(=O)c1ccncc1C1C=CCCC1. The summed E-state index contributed by atoms with van der Waals surface area (Å²) in [4.78, 5) is 29.7. The van der Waals surface area contributed by atoms with Gasteiger partial charge in [-0.1, -0.05) is 12.2 Å². The number of allylic oxidation sites excluding steroid dienone is 2. The highest BCUT2D eigenvalue weighted by Crippen LogP contribution is 2.32. The lowest BCUT2D eigenvalue weighted by Gasteiger charge is -2.21. The molecule has 1 unspecified atom stereocenters. The number of hydrogen-bond acceptors (Lipinski definition) is 4. The number of halogens is 2. The third-order valence-corrected chi connectivity index (χ3v) is 4.89. The summed E-state index contributed by atoms with van der Waals surface area (Å²) in [5.41, 5.74) is 1.19. The van der Waals surface area contributed by atoms with Crippen molar-refractivity contribution in [3.63, 3.8) is 0 Å². The number of hydrogen-bond donors (Lipinski definition) is 1. The van der Waals surface area contributed by atoms with Gasteiger partial charge in [0.25, 0.3) is 11.8 Å². The molecule has 0 spiro atoms. The number of nitrogens with one attached hydrogen (secondary N) is 1. The Morgan fingerprint density at radius 1 is 1.44 bits per heavy atom. The van der Waals surface area contributed by atoms with Crippen LogP contribution >= 0.6 is 0 Å². The van der Waals surface area contributed by atoms with E-state index in [2.05, 4.69) is 16.4 Å². The number of nitriles is 1. The Hall–Kier alpha value is -2.82. The first-order chi connectivity index (χ1) is 12.9. The van der Waals surface area contributed by atoms with Gasteiger partial charge in [0.2, 0.25) is 5.91 Å². The van der Waals surface area contributed by atoms with Crippen molar-refractivity contribution in [2.24, 2.45) is 0 Å². The van der Waals surface area contributed by atoms with E-state index in [1.165, 1.54) is 6.20 Å². The largest absolute Gasteiger partial charge is 0.343 e. The Labute approximate surface area is 155 Å². The Kier molecular flexibility index (Phi) is 5.49. The highest BCUT2D eigenvalue weighted by Gasteiger charge is 2.47. The van der Waals surface area contributed by atoms with Gasteiger partial charge in [0, 0.05) is 30.3 Å². The molecule has 142 valence electrons. The van der Waals surface area contributed by atoms with Gasteiger partial charge in [-0.2, -0.15) is 5.26 Å². The van der Waals surface area contributed by atoms with Crippen LogP contribution in [0.25, 0.3) is 0 Å². The predicted octanol–water partition coefficient (Wildman–Crippen LogP) is 2.39. The smallest absolute Gasteiger partial charge is 0.268 e. The van der Waals surface area contributed by atoms with Gasteiger partial charge in [-0.15, -0.1) is 0 Å². The highest BCUT2D eigenvalue weighted by molar-refractivity contribution is 5.97. The predicted molar refractivity (Wildman–Crippen MR) is 93.0 cm³/mol. The molecule has 1 fully saturated rings. The molecule has 1 saturated heterocycles. The van der Waals surface area contributed by atoms with Crippen LogP contribution in [0.15, 0.2) is 30.6 Å². The summed E-state index contributed by atoms with van der Waals surface area (Å²) in [6.07, 6.45) is 9.53. The van der Waals surface area contributed by atoms with Crippen LogP contribution in [0.2, 0.25) is 0 Å². The Bertz CT molecular complexity index is 803. The lowest BCUT2D eigenvalue weighted by Crippen LogP contribution is -2.43. The van der Waals surface area contributed by atoms with Crippen molar-refractivity contribution < 1.29 is 18.4 Å². The van der Waals surface area contributed by atoms with Gasteiger partial charge in [0.15, 0.2) is 0 Å². The third kappa shape index (κ3) is 4.30. The van der Waals surface area contributed by atoms with E-state index in [1.807, 2.05) is 6.08 Å². The van der Waals surface area contributed by atoms with Gasteiger partial charge >= 0.3 is 0 Å². The van der Waals surface area contributed by atoms with Crippen molar-refractivity contribution in [2.45, 2.75) is 43.6 Å². The van der Waals surface area contributed by atoms with Crippen molar-refractivity contribution >= 4 is 11.8 Å². The van der Waals surface area contributed by atoms with Crippen LogP contribution in [0.3, 0.4) is 0 Å². The van der Waals surface area contributed by atoms with Gasteiger partial charge in [0.1, 0.15) is 6.04 Å². The number of aromatic nitrogens is 1. The zero-order valence-corrected chi connectivity index (χ0v) is 14.7. The molecule has 8 heteroatoms. The number of nitrogens with zero attached hydrogens (tertiary/aromatic N) is 3. The molecule has 1 aliphatic heterocycles. The summed E-state index contributed by atoms with van der Waals surface area (Å²) in [5, 5.41) is 11.5. The number of alkyl halides is 2. The van der Waals surface area contributed by atoms with E-state index in [1.54, 1.807) is 18.3 Å². The molecule has 1 aromatic rings. The molecule has 2 heterocycles. The minimum atomic E-state index is -3.08. The lowest BCUT2D eigenvalue weighted by atomic mass is 9.87. The van der Waals surface area contributed by atoms with Gasteiger partial charge < -0.3 is 10.2 Å². The second-order valence-corrected chi connectivity index (χ2v) is 6.84. The summed E-state index contributed by atoms with van der Waals surface area (Å²) in [6.45, 7) is -1.23. The number of carbonyl (C=O) groups is 2. The maximum absolute atomic E-state index is 13.5. The van der Waals surface area contributed by atoms with Crippen LogP contribution in [0, 0.1) is 11.3 Å². The molecule has 2 aliphatic rings. The van der Waals surface area contributed by atoms with Crippen molar-refractivity contribution in [2.75, 3.05) is 13.1 Å². The summed E-state index contributed by atoms with van der Waals surface area (Å²) in [6, 6.07) is 2.13. The second-order valence-electron chi connectivity index (χ2n) is 6.84. The first-order valence-corrected chi connectivity index (χ1v) is 8.87. The first kappa shape index (κ1) is 19.0. The number of pyridine rings is 1. The quantitative estimate of drug-likeness (QED) is 0.820. The number of amides is 2. The van der Waals surface area contributed by atoms with Crippen LogP contribution in [0.1, 0.15) is 47.5 Å². The molecule has 1 N–H and O–H groups in total. The lowest BCUT2D eigenvalue weighted by molar-refractivity contribution is -0.131. The molecule has 0 bridgehead atoms. The highest BCUT2D eigenvalue weighted by atomic mass is 19.3. The Morgan fingerprint density at radius 2 is 2.26 bits per heavy atom. The van der Waals surface area contributed by atoms with Crippen molar-refractivity contribution in [3.05, 3.63) is 41.7 Å². The number of rotatable bonds is 4. The second kappa shape index (κ2) is 7.82. The molecular formula is C19H20F2N4O2. The van der Waals surface area contributed by atoms with E-state index in [-0.39, 0.29) is 5.92 Å². The minimum absolute atomic E-state index is 0.0872. The van der Waals surface area contributed by atoms with E-state index < -0.39 is 43.3 Å². The average molecular weight is 374 g/mol. The molecular weight excluding hydrogens is 354 g/mol. The summed E-state index contributed by atoms with van der Waals surface area (Å²) >= 11 is 0. The molecule has 27 heavy (non-hydrogen) atoms. The van der Waals surface area contributed by atoms with Crippen LogP contribution in [0.4, 0.5) is 8.78 Å². The monoisotopic (exact) mass is 374 g/mol. The molecule has 2 atom stereocenters. The van der Waals surface area contributed by atoms with Crippen LogP contribution in [-0.4, -0.2) is 46.8 Å².